The third-order valence-corrected chi connectivity index (χ3v) is 4.87. The topological polar surface area (TPSA) is 45.2 Å². The lowest BCUT2D eigenvalue weighted by Gasteiger charge is -2.21. The summed E-state index contributed by atoms with van der Waals surface area (Å²) in [7, 11) is 1.84. The van der Waals surface area contributed by atoms with E-state index in [0.717, 1.165) is 30.0 Å². The van der Waals surface area contributed by atoms with Gasteiger partial charge in [0.25, 0.3) is 0 Å². The molecule has 1 aromatic carbocycles. The molecule has 2 rings (SSSR count). The Morgan fingerprint density at radius 1 is 1.25 bits per heavy atom. The van der Waals surface area contributed by atoms with Gasteiger partial charge >= 0.3 is 6.03 Å². The van der Waals surface area contributed by atoms with Crippen molar-refractivity contribution in [1.82, 2.24) is 15.2 Å². The van der Waals surface area contributed by atoms with Crippen LogP contribution in [0.25, 0.3) is 0 Å². The van der Waals surface area contributed by atoms with Crippen LogP contribution in [0, 0.1) is 6.92 Å². The van der Waals surface area contributed by atoms with Crippen LogP contribution >= 0.6 is 11.8 Å². The molecule has 0 aliphatic carbocycles. The highest BCUT2D eigenvalue weighted by Crippen LogP contribution is 2.18. The second-order valence-electron chi connectivity index (χ2n) is 5.84. The molecule has 0 radical (unpaired) electrons. The van der Waals surface area contributed by atoms with E-state index >= 15 is 0 Å². The van der Waals surface area contributed by atoms with Crippen LogP contribution in [0.4, 0.5) is 4.79 Å². The maximum absolute atomic E-state index is 12.2. The average Bonchev–Trinajstić information content (AvgIpc) is 2.60. The number of benzene rings is 1. The first-order valence-corrected chi connectivity index (χ1v) is 9.17. The van der Waals surface area contributed by atoms with Crippen LogP contribution < -0.4 is 5.32 Å². The lowest BCUT2D eigenvalue weighted by atomic mass is 10.1. The van der Waals surface area contributed by atoms with E-state index in [9.17, 15) is 4.79 Å². The molecule has 1 aromatic heterocycles. The van der Waals surface area contributed by atoms with E-state index in [2.05, 4.69) is 22.4 Å². The number of thioether (sulfide) groups is 1. The summed E-state index contributed by atoms with van der Waals surface area (Å²) in [6, 6.07) is 14.2. The molecular formula is C19H25N3OS. The van der Waals surface area contributed by atoms with Crippen LogP contribution in [0.5, 0.6) is 0 Å². The fourth-order valence-electron chi connectivity index (χ4n) is 2.22. The van der Waals surface area contributed by atoms with Crippen molar-refractivity contribution in [3.8, 4) is 0 Å². The molecule has 24 heavy (non-hydrogen) atoms. The van der Waals surface area contributed by atoms with Crippen molar-refractivity contribution in [2.24, 2.45) is 0 Å². The maximum atomic E-state index is 12.2. The van der Waals surface area contributed by atoms with Gasteiger partial charge in [0.1, 0.15) is 0 Å². The predicted octanol–water partition coefficient (Wildman–Crippen LogP) is 4.27. The van der Waals surface area contributed by atoms with Gasteiger partial charge in [0.05, 0.1) is 6.04 Å². The average molecular weight is 343 g/mol. The first-order valence-electron chi connectivity index (χ1n) is 8.18. The van der Waals surface area contributed by atoms with Gasteiger partial charge in [-0.05, 0) is 49.8 Å². The Labute approximate surface area is 148 Å². The van der Waals surface area contributed by atoms with Gasteiger partial charge in [-0.2, -0.15) is 0 Å². The third kappa shape index (κ3) is 5.89. The fraction of sp³-hybridized carbons (Fsp3) is 0.368. The number of aromatic nitrogens is 1. The number of aryl methyl sites for hydroxylation is 1. The maximum Gasteiger partial charge on any atom is 0.317 e. The number of nitrogens with one attached hydrogen (secondary N) is 1. The monoisotopic (exact) mass is 343 g/mol. The van der Waals surface area contributed by atoms with E-state index in [-0.39, 0.29) is 12.1 Å². The number of nitrogens with zero attached hydrogens (tertiary/aromatic N) is 2. The summed E-state index contributed by atoms with van der Waals surface area (Å²) in [5.41, 5.74) is 1.99. The van der Waals surface area contributed by atoms with Crippen molar-refractivity contribution in [3.05, 3.63) is 59.9 Å². The highest BCUT2D eigenvalue weighted by Gasteiger charge is 2.13. The quantitative estimate of drug-likeness (QED) is 0.603. The van der Waals surface area contributed by atoms with E-state index in [4.69, 9.17) is 0 Å². The van der Waals surface area contributed by atoms with Gasteiger partial charge in [-0.15, -0.1) is 11.8 Å². The second-order valence-corrected chi connectivity index (χ2v) is 7.01. The van der Waals surface area contributed by atoms with Crippen LogP contribution in [-0.4, -0.2) is 35.3 Å². The summed E-state index contributed by atoms with van der Waals surface area (Å²) in [6.45, 7) is 4.67. The molecule has 1 N–H and O–H groups in total. The predicted molar refractivity (Wildman–Crippen MR) is 100 cm³/mol. The third-order valence-electron chi connectivity index (χ3n) is 3.77. The lowest BCUT2D eigenvalue weighted by Crippen LogP contribution is -2.39. The van der Waals surface area contributed by atoms with E-state index in [1.807, 2.05) is 69.2 Å². The van der Waals surface area contributed by atoms with Gasteiger partial charge in [0.2, 0.25) is 0 Å². The number of hydrogen-bond donors (Lipinski definition) is 1. The summed E-state index contributed by atoms with van der Waals surface area (Å²) in [5, 5.41) is 3.01. The normalized spacial score (nSPS) is 11.8. The van der Waals surface area contributed by atoms with Crippen molar-refractivity contribution in [2.45, 2.75) is 31.2 Å². The number of urea groups is 1. The Kier molecular flexibility index (Phi) is 7.12. The van der Waals surface area contributed by atoms with Crippen molar-refractivity contribution >= 4 is 17.8 Å². The summed E-state index contributed by atoms with van der Waals surface area (Å²) >= 11 is 1.82. The van der Waals surface area contributed by atoms with Crippen LogP contribution in [0.1, 0.15) is 30.6 Å². The Hall–Kier alpha value is -2.01. The standard InChI is InChI=1S/C19H25N3OS/c1-15-10-11-17(14-20-15)16(2)21-19(23)22(3)12-7-13-24-18-8-5-4-6-9-18/h4-6,8-11,14,16H,7,12-13H2,1-3H3,(H,21,23). The molecule has 0 saturated carbocycles. The van der Waals surface area contributed by atoms with Gasteiger partial charge < -0.3 is 10.2 Å². The number of carbonyl (C=O) groups is 1. The minimum absolute atomic E-state index is 0.0483. The molecule has 0 bridgehead atoms. The molecule has 0 aliphatic rings. The van der Waals surface area contributed by atoms with Gasteiger partial charge in [0.15, 0.2) is 0 Å². The molecule has 0 fully saturated rings. The van der Waals surface area contributed by atoms with Gasteiger partial charge in [-0.25, -0.2) is 4.79 Å². The number of amides is 2. The highest BCUT2D eigenvalue weighted by atomic mass is 32.2. The van der Waals surface area contributed by atoms with E-state index in [0.29, 0.717) is 0 Å². The summed E-state index contributed by atoms with van der Waals surface area (Å²) in [4.78, 5) is 19.5. The van der Waals surface area contributed by atoms with Crippen LogP contribution in [0.3, 0.4) is 0 Å². The SMILES string of the molecule is Cc1ccc(C(C)NC(=O)N(C)CCCSc2ccccc2)cn1. The highest BCUT2D eigenvalue weighted by molar-refractivity contribution is 7.99. The number of hydrogen-bond acceptors (Lipinski definition) is 3. The van der Waals surface area contributed by atoms with Gasteiger partial charge in [0, 0.05) is 30.4 Å². The van der Waals surface area contributed by atoms with Gasteiger partial charge in [-0.3, -0.25) is 4.98 Å². The largest absolute Gasteiger partial charge is 0.331 e. The smallest absolute Gasteiger partial charge is 0.317 e. The van der Waals surface area contributed by atoms with Crippen LogP contribution in [-0.2, 0) is 0 Å². The molecule has 1 unspecified atom stereocenters. The first-order chi connectivity index (χ1) is 11.6. The molecule has 0 spiro atoms. The van der Waals surface area contributed by atoms with Crippen molar-refractivity contribution < 1.29 is 4.79 Å². The summed E-state index contributed by atoms with van der Waals surface area (Å²) in [5.74, 6) is 0.999. The molecule has 5 heteroatoms. The van der Waals surface area contributed by atoms with Crippen LogP contribution in [0.2, 0.25) is 0 Å². The molecule has 128 valence electrons. The lowest BCUT2D eigenvalue weighted by molar-refractivity contribution is 0.205. The van der Waals surface area contributed by atoms with E-state index in [1.165, 1.54) is 4.90 Å². The van der Waals surface area contributed by atoms with Crippen molar-refractivity contribution in [2.75, 3.05) is 19.3 Å². The molecule has 1 heterocycles. The molecule has 2 amide bonds. The summed E-state index contributed by atoms with van der Waals surface area (Å²) in [6.07, 6.45) is 2.78. The van der Waals surface area contributed by atoms with E-state index < -0.39 is 0 Å². The minimum atomic E-state index is -0.0493. The van der Waals surface area contributed by atoms with Crippen molar-refractivity contribution in [1.29, 1.82) is 0 Å². The van der Waals surface area contributed by atoms with Crippen molar-refractivity contribution in [3.63, 3.8) is 0 Å². The molecular weight excluding hydrogens is 318 g/mol. The summed E-state index contributed by atoms with van der Waals surface area (Å²) < 4.78 is 0. The first kappa shape index (κ1) is 18.3. The van der Waals surface area contributed by atoms with Gasteiger partial charge in [-0.1, -0.05) is 24.3 Å². The zero-order valence-corrected chi connectivity index (χ0v) is 15.3. The number of pyridine rings is 1. The fourth-order valence-corrected chi connectivity index (χ4v) is 3.08. The molecule has 4 nitrogen and oxygen atoms in total. The zero-order chi connectivity index (χ0) is 17.4. The molecule has 2 aromatic rings. The zero-order valence-electron chi connectivity index (χ0n) is 14.5. The number of rotatable bonds is 7. The number of carbonyl (C=O) groups excluding carboxylic acids is 1. The minimum Gasteiger partial charge on any atom is -0.331 e. The van der Waals surface area contributed by atoms with E-state index in [1.54, 1.807) is 4.90 Å². The van der Waals surface area contributed by atoms with Crippen LogP contribution in [0.15, 0.2) is 53.6 Å². The Balaban J connectivity index is 1.70. The molecule has 0 saturated heterocycles. The second kappa shape index (κ2) is 9.33. The molecule has 1 atom stereocenters. The molecule has 0 aliphatic heterocycles. The Bertz CT molecular complexity index is 631. The Morgan fingerprint density at radius 2 is 2.00 bits per heavy atom. The Morgan fingerprint density at radius 3 is 2.67 bits per heavy atom.